The molecule has 1 saturated heterocycles. The number of hydrogen-bond donors (Lipinski definition) is 0. The van der Waals surface area contributed by atoms with Crippen LogP contribution in [0.3, 0.4) is 0 Å². The Morgan fingerprint density at radius 3 is 2.52 bits per heavy atom. The highest BCUT2D eigenvalue weighted by Crippen LogP contribution is 2.38. The predicted octanol–water partition coefficient (Wildman–Crippen LogP) is 2.40. The average molecular weight is 337 g/mol. The first-order valence-electron chi connectivity index (χ1n) is 8.55. The van der Waals surface area contributed by atoms with Crippen LogP contribution in [0.5, 0.6) is 5.75 Å². The highest BCUT2D eigenvalue weighted by atomic mass is 16.5. The van der Waals surface area contributed by atoms with Crippen LogP contribution in [-0.4, -0.2) is 60.0 Å². The Kier molecular flexibility index (Phi) is 4.05. The lowest BCUT2D eigenvalue weighted by Gasteiger charge is -2.34. The van der Waals surface area contributed by atoms with Crippen molar-refractivity contribution in [2.24, 2.45) is 7.05 Å². The van der Waals surface area contributed by atoms with E-state index in [-0.39, 0.29) is 0 Å². The normalized spacial score (nSPS) is 15.7. The van der Waals surface area contributed by atoms with Gasteiger partial charge in [-0.25, -0.2) is 4.98 Å². The third-order valence-electron chi connectivity index (χ3n) is 4.89. The van der Waals surface area contributed by atoms with Crippen LogP contribution in [0.4, 0.5) is 5.82 Å². The molecule has 0 N–H and O–H groups in total. The van der Waals surface area contributed by atoms with Crippen molar-refractivity contribution in [2.75, 3.05) is 45.2 Å². The Labute approximate surface area is 147 Å². The number of aromatic nitrogens is 3. The topological polar surface area (TPSA) is 46.4 Å². The number of rotatable bonds is 3. The minimum Gasteiger partial charge on any atom is -0.496 e. The average Bonchev–Trinajstić information content (AvgIpc) is 3.07. The second kappa shape index (κ2) is 6.37. The van der Waals surface area contributed by atoms with Crippen LogP contribution < -0.4 is 9.64 Å². The first-order chi connectivity index (χ1) is 12.2. The quantitative estimate of drug-likeness (QED) is 0.734. The van der Waals surface area contributed by atoms with Crippen LogP contribution in [0, 0.1) is 0 Å². The first kappa shape index (κ1) is 15.9. The molecule has 1 aliphatic rings. The standard InChI is InChI=1S/C19H23N5O/c1-22-7-9-24(10-8-22)19-18-15(5-4-6-17(18)25-3)16(12-20-19)14-11-21-23(2)13-14/h4-6,11-13H,7-10H2,1-3H3. The van der Waals surface area contributed by atoms with E-state index in [4.69, 9.17) is 9.72 Å². The van der Waals surface area contributed by atoms with E-state index in [1.54, 1.807) is 7.11 Å². The second-order valence-corrected chi connectivity index (χ2v) is 6.57. The van der Waals surface area contributed by atoms with Gasteiger partial charge >= 0.3 is 0 Å². The van der Waals surface area contributed by atoms with Crippen LogP contribution in [0.1, 0.15) is 0 Å². The third-order valence-corrected chi connectivity index (χ3v) is 4.89. The Bertz CT molecular complexity index is 896. The molecule has 25 heavy (non-hydrogen) atoms. The molecule has 0 atom stereocenters. The van der Waals surface area contributed by atoms with Crippen molar-refractivity contribution in [3.63, 3.8) is 0 Å². The van der Waals surface area contributed by atoms with Crippen LogP contribution in [-0.2, 0) is 7.05 Å². The number of pyridine rings is 1. The monoisotopic (exact) mass is 337 g/mol. The van der Waals surface area contributed by atoms with Gasteiger partial charge < -0.3 is 14.5 Å². The molecule has 1 aromatic carbocycles. The van der Waals surface area contributed by atoms with Gasteiger partial charge in [0.1, 0.15) is 11.6 Å². The summed E-state index contributed by atoms with van der Waals surface area (Å²) in [6.07, 6.45) is 5.86. The maximum absolute atomic E-state index is 5.68. The van der Waals surface area contributed by atoms with E-state index >= 15 is 0 Å². The number of fused-ring (bicyclic) bond motifs is 1. The number of methoxy groups -OCH3 is 1. The van der Waals surface area contributed by atoms with Gasteiger partial charge in [0.2, 0.25) is 0 Å². The van der Waals surface area contributed by atoms with E-state index in [2.05, 4.69) is 28.0 Å². The summed E-state index contributed by atoms with van der Waals surface area (Å²) in [5.41, 5.74) is 2.15. The predicted molar refractivity (Wildman–Crippen MR) is 100 cm³/mol. The van der Waals surface area contributed by atoms with Gasteiger partial charge in [-0.15, -0.1) is 0 Å². The summed E-state index contributed by atoms with van der Waals surface area (Å²) in [6, 6.07) is 6.19. The number of anilines is 1. The largest absolute Gasteiger partial charge is 0.496 e. The Balaban J connectivity index is 1.90. The van der Waals surface area contributed by atoms with Crippen molar-refractivity contribution in [3.05, 3.63) is 36.8 Å². The molecule has 4 rings (SSSR count). The molecule has 130 valence electrons. The van der Waals surface area contributed by atoms with Crippen LogP contribution in [0.25, 0.3) is 21.9 Å². The smallest absolute Gasteiger partial charge is 0.140 e. The lowest BCUT2D eigenvalue weighted by atomic mass is 10.0. The molecule has 1 fully saturated rings. The highest BCUT2D eigenvalue weighted by molar-refractivity contribution is 6.05. The number of likely N-dealkylation sites (N-methyl/N-ethyl adjacent to an activating group) is 1. The fraction of sp³-hybridized carbons (Fsp3) is 0.368. The summed E-state index contributed by atoms with van der Waals surface area (Å²) in [5, 5.41) is 6.53. The van der Waals surface area contributed by atoms with Crippen LogP contribution >= 0.6 is 0 Å². The molecule has 0 saturated carbocycles. The summed E-state index contributed by atoms with van der Waals surface area (Å²) in [7, 11) is 5.81. The van der Waals surface area contributed by atoms with Gasteiger partial charge in [0.05, 0.1) is 18.7 Å². The van der Waals surface area contributed by atoms with E-state index in [0.717, 1.165) is 59.6 Å². The molecule has 0 bridgehead atoms. The molecule has 2 aromatic heterocycles. The zero-order chi connectivity index (χ0) is 17.4. The fourth-order valence-electron chi connectivity index (χ4n) is 3.46. The summed E-state index contributed by atoms with van der Waals surface area (Å²) in [6.45, 7) is 4.04. The zero-order valence-electron chi connectivity index (χ0n) is 14.9. The lowest BCUT2D eigenvalue weighted by molar-refractivity contribution is 0.312. The summed E-state index contributed by atoms with van der Waals surface area (Å²) in [5.74, 6) is 1.87. The van der Waals surface area contributed by atoms with Gasteiger partial charge in [0.25, 0.3) is 0 Å². The van der Waals surface area contributed by atoms with Crippen molar-refractivity contribution in [2.45, 2.75) is 0 Å². The van der Waals surface area contributed by atoms with E-state index < -0.39 is 0 Å². The van der Waals surface area contributed by atoms with E-state index in [0.29, 0.717) is 0 Å². The molecule has 6 nitrogen and oxygen atoms in total. The highest BCUT2D eigenvalue weighted by Gasteiger charge is 2.21. The van der Waals surface area contributed by atoms with Crippen molar-refractivity contribution in [1.82, 2.24) is 19.7 Å². The number of piperazine rings is 1. The molecule has 0 aliphatic carbocycles. The van der Waals surface area contributed by atoms with Gasteiger partial charge in [-0.2, -0.15) is 5.10 Å². The number of aryl methyl sites for hydroxylation is 1. The van der Waals surface area contributed by atoms with E-state index in [1.165, 1.54) is 0 Å². The third kappa shape index (κ3) is 2.82. The molecule has 3 heterocycles. The van der Waals surface area contributed by atoms with Gasteiger partial charge in [0, 0.05) is 56.7 Å². The molecule has 0 unspecified atom stereocenters. The van der Waals surface area contributed by atoms with Crippen molar-refractivity contribution in [3.8, 4) is 16.9 Å². The second-order valence-electron chi connectivity index (χ2n) is 6.57. The number of hydrogen-bond acceptors (Lipinski definition) is 5. The lowest BCUT2D eigenvalue weighted by Crippen LogP contribution is -2.44. The van der Waals surface area contributed by atoms with Gasteiger partial charge in [0.15, 0.2) is 0 Å². The van der Waals surface area contributed by atoms with Crippen molar-refractivity contribution in [1.29, 1.82) is 0 Å². The SMILES string of the molecule is COc1cccc2c(-c3cnn(C)c3)cnc(N3CCN(C)CC3)c12. The van der Waals surface area contributed by atoms with E-state index in [9.17, 15) is 0 Å². The maximum Gasteiger partial charge on any atom is 0.140 e. The van der Waals surface area contributed by atoms with Gasteiger partial charge in [-0.05, 0) is 18.5 Å². The molecule has 3 aromatic rings. The minimum atomic E-state index is 0.865. The molecule has 6 heteroatoms. The summed E-state index contributed by atoms with van der Waals surface area (Å²) in [4.78, 5) is 9.55. The maximum atomic E-state index is 5.68. The van der Waals surface area contributed by atoms with Crippen LogP contribution in [0.2, 0.25) is 0 Å². The van der Waals surface area contributed by atoms with Gasteiger partial charge in [-0.1, -0.05) is 12.1 Å². The van der Waals surface area contributed by atoms with Gasteiger partial charge in [-0.3, -0.25) is 4.68 Å². The number of ether oxygens (including phenoxy) is 1. The molecule has 0 radical (unpaired) electrons. The van der Waals surface area contributed by atoms with Crippen LogP contribution in [0.15, 0.2) is 36.8 Å². The molecule has 1 aliphatic heterocycles. The number of benzene rings is 1. The molecule has 0 amide bonds. The van der Waals surface area contributed by atoms with Crippen molar-refractivity contribution >= 4 is 16.6 Å². The number of nitrogens with zero attached hydrogens (tertiary/aromatic N) is 5. The Hall–Kier alpha value is -2.60. The minimum absolute atomic E-state index is 0.865. The zero-order valence-corrected chi connectivity index (χ0v) is 14.9. The molecular formula is C19H23N5O. The Morgan fingerprint density at radius 1 is 1.04 bits per heavy atom. The first-order valence-corrected chi connectivity index (χ1v) is 8.55. The molecule has 0 spiro atoms. The Morgan fingerprint density at radius 2 is 1.84 bits per heavy atom. The fourth-order valence-corrected chi connectivity index (χ4v) is 3.46. The van der Waals surface area contributed by atoms with E-state index in [1.807, 2.05) is 42.5 Å². The van der Waals surface area contributed by atoms with Crippen molar-refractivity contribution < 1.29 is 4.74 Å². The summed E-state index contributed by atoms with van der Waals surface area (Å²) < 4.78 is 7.49. The summed E-state index contributed by atoms with van der Waals surface area (Å²) >= 11 is 0. The molecular weight excluding hydrogens is 314 g/mol.